The van der Waals surface area contributed by atoms with Crippen LogP contribution in [0.25, 0.3) is 0 Å². The third-order valence-electron chi connectivity index (χ3n) is 4.24. The Morgan fingerprint density at radius 2 is 2.06 bits per heavy atom. The van der Waals surface area contributed by atoms with E-state index in [-0.39, 0.29) is 23.8 Å². The molecule has 4 nitrogen and oxygen atoms in total. The Morgan fingerprint density at radius 1 is 1.35 bits per heavy atom. The standard InChI is InChI=1S/C13H19NO3/c1-13(2,3)17-12(16)14-6-8-4-7-5-9(8)10(14)11(7)15/h7-10H,4-6H2,1-3H3/t7-,8+,9+,10+/m0/s1. The van der Waals surface area contributed by atoms with Crippen molar-refractivity contribution in [3.63, 3.8) is 0 Å². The van der Waals surface area contributed by atoms with Crippen LogP contribution in [0.3, 0.4) is 0 Å². The number of carbonyl (C=O) groups excluding carboxylic acids is 2. The lowest BCUT2D eigenvalue weighted by molar-refractivity contribution is -0.125. The first-order valence-corrected chi connectivity index (χ1v) is 6.40. The van der Waals surface area contributed by atoms with Gasteiger partial charge in [-0.3, -0.25) is 9.69 Å². The molecule has 2 bridgehead atoms. The molecule has 1 heterocycles. The Labute approximate surface area is 101 Å². The first kappa shape index (κ1) is 11.1. The molecule has 0 radical (unpaired) electrons. The van der Waals surface area contributed by atoms with Crippen molar-refractivity contribution in [3.8, 4) is 0 Å². The predicted molar refractivity (Wildman–Crippen MR) is 61.4 cm³/mol. The van der Waals surface area contributed by atoms with Gasteiger partial charge in [0.25, 0.3) is 0 Å². The first-order chi connectivity index (χ1) is 7.87. The van der Waals surface area contributed by atoms with Gasteiger partial charge in [-0.05, 0) is 45.4 Å². The smallest absolute Gasteiger partial charge is 0.410 e. The Morgan fingerprint density at radius 3 is 2.65 bits per heavy atom. The van der Waals surface area contributed by atoms with E-state index in [0.717, 1.165) is 12.8 Å². The highest BCUT2D eigenvalue weighted by atomic mass is 16.6. The zero-order valence-corrected chi connectivity index (χ0v) is 10.6. The van der Waals surface area contributed by atoms with Gasteiger partial charge >= 0.3 is 6.09 Å². The van der Waals surface area contributed by atoms with Gasteiger partial charge in [-0.25, -0.2) is 4.79 Å². The molecule has 0 spiro atoms. The molecule has 4 atom stereocenters. The fourth-order valence-corrected chi connectivity index (χ4v) is 3.70. The minimum atomic E-state index is -0.486. The maximum Gasteiger partial charge on any atom is 0.410 e. The summed E-state index contributed by atoms with van der Waals surface area (Å²) in [6.07, 6.45) is 1.66. The molecule has 1 aliphatic heterocycles. The van der Waals surface area contributed by atoms with Crippen LogP contribution in [0.4, 0.5) is 4.79 Å². The van der Waals surface area contributed by atoms with Crippen LogP contribution in [0.5, 0.6) is 0 Å². The van der Waals surface area contributed by atoms with Crippen molar-refractivity contribution in [3.05, 3.63) is 0 Å². The summed E-state index contributed by atoms with van der Waals surface area (Å²) < 4.78 is 5.38. The summed E-state index contributed by atoms with van der Waals surface area (Å²) in [4.78, 5) is 25.8. The zero-order valence-electron chi connectivity index (χ0n) is 10.6. The summed E-state index contributed by atoms with van der Waals surface area (Å²) in [5.41, 5.74) is -0.486. The predicted octanol–water partition coefficient (Wildman–Crippen LogP) is 1.83. The molecule has 0 aromatic rings. The zero-order chi connectivity index (χ0) is 12.4. The van der Waals surface area contributed by atoms with Gasteiger partial charge < -0.3 is 4.74 Å². The minimum Gasteiger partial charge on any atom is -0.444 e. The molecule has 1 amide bonds. The van der Waals surface area contributed by atoms with E-state index >= 15 is 0 Å². The van der Waals surface area contributed by atoms with Gasteiger partial charge in [-0.15, -0.1) is 0 Å². The third kappa shape index (κ3) is 1.57. The van der Waals surface area contributed by atoms with Crippen LogP contribution < -0.4 is 0 Å². The van der Waals surface area contributed by atoms with E-state index in [9.17, 15) is 9.59 Å². The maximum absolute atomic E-state index is 12.1. The van der Waals surface area contributed by atoms with Gasteiger partial charge in [-0.2, -0.15) is 0 Å². The average molecular weight is 237 g/mol. The summed E-state index contributed by atoms with van der Waals surface area (Å²) in [5, 5.41) is 0. The van der Waals surface area contributed by atoms with Crippen LogP contribution in [-0.4, -0.2) is 35.0 Å². The second-order valence-electron chi connectivity index (χ2n) is 6.57. The van der Waals surface area contributed by atoms with E-state index in [1.54, 1.807) is 4.90 Å². The topological polar surface area (TPSA) is 46.6 Å². The molecule has 1 saturated heterocycles. The highest BCUT2D eigenvalue weighted by Gasteiger charge is 2.60. The molecule has 94 valence electrons. The highest BCUT2D eigenvalue weighted by Crippen LogP contribution is 2.53. The van der Waals surface area contributed by atoms with Crippen LogP contribution in [0.15, 0.2) is 0 Å². The summed E-state index contributed by atoms with van der Waals surface area (Å²) in [7, 11) is 0. The molecule has 2 aliphatic carbocycles. The van der Waals surface area contributed by atoms with Crippen molar-refractivity contribution in [2.75, 3.05) is 6.54 Å². The molecule has 3 fully saturated rings. The van der Waals surface area contributed by atoms with E-state index < -0.39 is 5.60 Å². The lowest BCUT2D eigenvalue weighted by Gasteiger charge is -2.27. The van der Waals surface area contributed by atoms with Crippen LogP contribution in [-0.2, 0) is 9.53 Å². The number of nitrogens with zero attached hydrogens (tertiary/aromatic N) is 1. The van der Waals surface area contributed by atoms with Crippen LogP contribution in [0.2, 0.25) is 0 Å². The lowest BCUT2D eigenvalue weighted by Crippen LogP contribution is -2.43. The monoisotopic (exact) mass is 237 g/mol. The number of ketones is 1. The molecule has 4 heteroatoms. The summed E-state index contributed by atoms with van der Waals surface area (Å²) in [6, 6.07) is -0.173. The third-order valence-corrected chi connectivity index (χ3v) is 4.24. The molecule has 2 saturated carbocycles. The quantitative estimate of drug-likeness (QED) is 0.645. The van der Waals surface area contributed by atoms with Gasteiger partial charge in [0.2, 0.25) is 0 Å². The SMILES string of the molecule is CC(C)(C)OC(=O)N1C[C@H]2C[C@H]3C[C@H]2[C@@H]1C3=O. The fraction of sp³-hybridized carbons (Fsp3) is 0.846. The van der Waals surface area contributed by atoms with E-state index in [0.29, 0.717) is 18.4 Å². The molecule has 3 aliphatic rings. The molecule has 0 aromatic carbocycles. The van der Waals surface area contributed by atoms with E-state index in [1.165, 1.54) is 0 Å². The molecule has 3 rings (SSSR count). The van der Waals surface area contributed by atoms with E-state index in [1.807, 2.05) is 20.8 Å². The van der Waals surface area contributed by atoms with E-state index in [4.69, 9.17) is 4.74 Å². The van der Waals surface area contributed by atoms with Crippen molar-refractivity contribution in [1.82, 2.24) is 4.90 Å². The van der Waals surface area contributed by atoms with Crippen molar-refractivity contribution < 1.29 is 14.3 Å². The molecule has 0 N–H and O–H groups in total. The van der Waals surface area contributed by atoms with E-state index in [2.05, 4.69) is 0 Å². The van der Waals surface area contributed by atoms with Gasteiger partial charge in [0.05, 0.1) is 6.04 Å². The van der Waals surface area contributed by atoms with Crippen molar-refractivity contribution >= 4 is 11.9 Å². The minimum absolute atomic E-state index is 0.173. The molecule has 17 heavy (non-hydrogen) atoms. The Balaban J connectivity index is 1.78. The van der Waals surface area contributed by atoms with Crippen LogP contribution >= 0.6 is 0 Å². The number of rotatable bonds is 0. The molecular weight excluding hydrogens is 218 g/mol. The Hall–Kier alpha value is -1.06. The number of amides is 1. The number of Topliss-reactive ketones (excluding diaryl/α,β-unsaturated/α-hetero) is 1. The highest BCUT2D eigenvalue weighted by molar-refractivity contribution is 5.93. The number of fused-ring (bicyclic) bond motifs is 1. The summed E-state index contributed by atoms with van der Waals surface area (Å²) in [6.45, 7) is 6.28. The second-order valence-corrected chi connectivity index (χ2v) is 6.57. The van der Waals surface area contributed by atoms with Crippen LogP contribution in [0, 0.1) is 17.8 Å². The van der Waals surface area contributed by atoms with Crippen molar-refractivity contribution in [2.24, 2.45) is 17.8 Å². The molecular formula is C13H19NO3. The Bertz CT molecular complexity index is 383. The Kier molecular flexibility index (Phi) is 2.11. The first-order valence-electron chi connectivity index (χ1n) is 6.40. The lowest BCUT2D eigenvalue weighted by atomic mass is 9.89. The molecule has 0 aromatic heterocycles. The van der Waals surface area contributed by atoms with Crippen LogP contribution in [0.1, 0.15) is 33.6 Å². The number of hydrogen-bond acceptors (Lipinski definition) is 3. The normalized spacial score (nSPS) is 39.0. The maximum atomic E-state index is 12.1. The van der Waals surface area contributed by atoms with Crippen molar-refractivity contribution in [2.45, 2.75) is 45.3 Å². The fourth-order valence-electron chi connectivity index (χ4n) is 3.70. The van der Waals surface area contributed by atoms with Gasteiger partial charge in [-0.1, -0.05) is 0 Å². The number of ether oxygens (including phenoxy) is 1. The largest absolute Gasteiger partial charge is 0.444 e. The van der Waals surface area contributed by atoms with Gasteiger partial charge in [0, 0.05) is 12.5 Å². The molecule has 0 unspecified atom stereocenters. The summed E-state index contributed by atoms with van der Waals surface area (Å²) in [5.74, 6) is 1.45. The van der Waals surface area contributed by atoms with Crippen molar-refractivity contribution in [1.29, 1.82) is 0 Å². The second kappa shape index (κ2) is 3.24. The van der Waals surface area contributed by atoms with Gasteiger partial charge in [0.15, 0.2) is 5.78 Å². The number of hydrogen-bond donors (Lipinski definition) is 0. The number of carbonyl (C=O) groups is 2. The van der Waals surface area contributed by atoms with Gasteiger partial charge in [0.1, 0.15) is 5.60 Å². The average Bonchev–Trinajstić information content (AvgIpc) is 2.73. The summed E-state index contributed by atoms with van der Waals surface area (Å²) >= 11 is 0. The number of likely N-dealkylation sites (tertiary alicyclic amines) is 1.